The fourth-order valence-corrected chi connectivity index (χ4v) is 2.32. The SMILES string of the molecule is S=C1CCCN1c1ccc2c(c1)OCO2. The summed E-state index contributed by atoms with van der Waals surface area (Å²) in [6.07, 6.45) is 2.16. The fourth-order valence-electron chi connectivity index (χ4n) is 1.97. The Bertz CT molecular complexity index is 419. The first-order valence-corrected chi connectivity index (χ1v) is 5.45. The van der Waals surface area contributed by atoms with E-state index in [1.165, 1.54) is 0 Å². The van der Waals surface area contributed by atoms with E-state index in [4.69, 9.17) is 21.7 Å². The number of ether oxygens (including phenoxy) is 2. The standard InChI is InChI=1S/C11H11NO2S/c15-11-2-1-5-12(11)8-3-4-9-10(6-8)14-7-13-9/h3-4,6H,1-2,5,7H2. The highest BCUT2D eigenvalue weighted by Crippen LogP contribution is 2.36. The summed E-state index contributed by atoms with van der Waals surface area (Å²) in [7, 11) is 0. The van der Waals surface area contributed by atoms with Gasteiger partial charge >= 0.3 is 0 Å². The van der Waals surface area contributed by atoms with Crippen LogP contribution in [0.25, 0.3) is 0 Å². The van der Waals surface area contributed by atoms with Crippen molar-refractivity contribution in [3.8, 4) is 11.5 Å². The van der Waals surface area contributed by atoms with Crippen LogP contribution in [0, 0.1) is 0 Å². The average molecular weight is 221 g/mol. The number of hydrogen-bond acceptors (Lipinski definition) is 3. The summed E-state index contributed by atoms with van der Waals surface area (Å²) in [5.41, 5.74) is 1.11. The van der Waals surface area contributed by atoms with Crippen molar-refractivity contribution in [1.82, 2.24) is 0 Å². The summed E-state index contributed by atoms with van der Waals surface area (Å²) in [5, 5.41) is 0. The molecule has 1 aromatic carbocycles. The summed E-state index contributed by atoms with van der Waals surface area (Å²) in [4.78, 5) is 3.19. The molecule has 0 N–H and O–H groups in total. The Kier molecular flexibility index (Phi) is 2.02. The number of nitrogens with zero attached hydrogens (tertiary/aromatic N) is 1. The van der Waals surface area contributed by atoms with E-state index in [0.717, 1.165) is 41.6 Å². The zero-order chi connectivity index (χ0) is 10.3. The van der Waals surface area contributed by atoms with Crippen molar-refractivity contribution in [2.75, 3.05) is 18.2 Å². The molecule has 0 radical (unpaired) electrons. The highest BCUT2D eigenvalue weighted by molar-refractivity contribution is 7.80. The number of benzene rings is 1. The minimum Gasteiger partial charge on any atom is -0.454 e. The van der Waals surface area contributed by atoms with Gasteiger partial charge in [0.25, 0.3) is 0 Å². The van der Waals surface area contributed by atoms with Gasteiger partial charge in [0.1, 0.15) is 0 Å². The van der Waals surface area contributed by atoms with E-state index in [9.17, 15) is 0 Å². The Morgan fingerprint density at radius 1 is 1.20 bits per heavy atom. The van der Waals surface area contributed by atoms with Crippen LogP contribution in [-0.4, -0.2) is 18.3 Å². The van der Waals surface area contributed by atoms with Gasteiger partial charge in [0.15, 0.2) is 11.5 Å². The van der Waals surface area contributed by atoms with E-state index in [0.29, 0.717) is 6.79 Å². The second-order valence-electron chi connectivity index (χ2n) is 3.69. The number of rotatable bonds is 1. The van der Waals surface area contributed by atoms with Crippen LogP contribution in [0.2, 0.25) is 0 Å². The second-order valence-corrected chi connectivity index (χ2v) is 4.16. The third-order valence-electron chi connectivity index (χ3n) is 2.74. The van der Waals surface area contributed by atoms with Crippen LogP contribution in [-0.2, 0) is 0 Å². The van der Waals surface area contributed by atoms with Gasteiger partial charge in [-0.3, -0.25) is 0 Å². The maximum Gasteiger partial charge on any atom is 0.231 e. The Balaban J connectivity index is 1.95. The molecule has 1 aromatic rings. The lowest BCUT2D eigenvalue weighted by molar-refractivity contribution is 0.174. The molecule has 15 heavy (non-hydrogen) atoms. The van der Waals surface area contributed by atoms with E-state index >= 15 is 0 Å². The smallest absolute Gasteiger partial charge is 0.231 e. The largest absolute Gasteiger partial charge is 0.454 e. The van der Waals surface area contributed by atoms with Crippen molar-refractivity contribution >= 4 is 22.9 Å². The number of hydrogen-bond donors (Lipinski definition) is 0. The minimum absolute atomic E-state index is 0.323. The quantitative estimate of drug-likeness (QED) is 0.678. The summed E-state index contributed by atoms with van der Waals surface area (Å²) in [6.45, 7) is 1.34. The molecule has 2 heterocycles. The molecule has 2 aliphatic rings. The first-order chi connectivity index (χ1) is 7.34. The molecule has 1 saturated heterocycles. The monoisotopic (exact) mass is 221 g/mol. The highest BCUT2D eigenvalue weighted by atomic mass is 32.1. The molecular formula is C11H11NO2S. The first-order valence-electron chi connectivity index (χ1n) is 5.04. The predicted octanol–water partition coefficient (Wildman–Crippen LogP) is 2.34. The summed E-state index contributed by atoms with van der Waals surface area (Å²) in [5.74, 6) is 1.64. The predicted molar refractivity (Wildman–Crippen MR) is 61.7 cm³/mol. The number of fused-ring (bicyclic) bond motifs is 1. The molecule has 0 bridgehead atoms. The van der Waals surface area contributed by atoms with Crippen LogP contribution in [0.4, 0.5) is 5.69 Å². The molecule has 3 rings (SSSR count). The summed E-state index contributed by atoms with van der Waals surface area (Å²) < 4.78 is 10.6. The Morgan fingerprint density at radius 3 is 2.87 bits per heavy atom. The topological polar surface area (TPSA) is 21.7 Å². The maximum absolute atomic E-state index is 5.34. The molecule has 0 unspecified atom stereocenters. The van der Waals surface area contributed by atoms with Crippen LogP contribution >= 0.6 is 12.2 Å². The lowest BCUT2D eigenvalue weighted by Gasteiger charge is -2.17. The van der Waals surface area contributed by atoms with Gasteiger partial charge in [0.05, 0.1) is 4.99 Å². The molecule has 0 aliphatic carbocycles. The van der Waals surface area contributed by atoms with Crippen molar-refractivity contribution < 1.29 is 9.47 Å². The van der Waals surface area contributed by atoms with Crippen molar-refractivity contribution in [1.29, 1.82) is 0 Å². The molecule has 78 valence electrons. The molecule has 2 aliphatic heterocycles. The van der Waals surface area contributed by atoms with Crippen LogP contribution in [0.1, 0.15) is 12.8 Å². The number of anilines is 1. The average Bonchev–Trinajstić information content (AvgIpc) is 2.84. The Labute approximate surface area is 93.6 Å². The lowest BCUT2D eigenvalue weighted by Crippen LogP contribution is -2.21. The molecule has 0 aromatic heterocycles. The van der Waals surface area contributed by atoms with Crippen LogP contribution < -0.4 is 14.4 Å². The van der Waals surface area contributed by atoms with Gasteiger partial charge in [0.2, 0.25) is 6.79 Å². The van der Waals surface area contributed by atoms with E-state index in [-0.39, 0.29) is 0 Å². The van der Waals surface area contributed by atoms with Gasteiger partial charge < -0.3 is 14.4 Å². The first kappa shape index (κ1) is 8.97. The van der Waals surface area contributed by atoms with Crippen molar-refractivity contribution in [2.24, 2.45) is 0 Å². The molecule has 0 spiro atoms. The van der Waals surface area contributed by atoms with Gasteiger partial charge in [-0.1, -0.05) is 12.2 Å². The zero-order valence-electron chi connectivity index (χ0n) is 8.23. The van der Waals surface area contributed by atoms with E-state index in [1.54, 1.807) is 0 Å². The Hall–Kier alpha value is -1.29. The van der Waals surface area contributed by atoms with Crippen molar-refractivity contribution in [3.63, 3.8) is 0 Å². The fraction of sp³-hybridized carbons (Fsp3) is 0.364. The highest BCUT2D eigenvalue weighted by Gasteiger charge is 2.21. The van der Waals surface area contributed by atoms with Gasteiger partial charge in [-0.05, 0) is 25.0 Å². The van der Waals surface area contributed by atoms with Gasteiger partial charge in [0, 0.05) is 18.3 Å². The Morgan fingerprint density at radius 2 is 2.07 bits per heavy atom. The van der Waals surface area contributed by atoms with Gasteiger partial charge in [-0.15, -0.1) is 0 Å². The van der Waals surface area contributed by atoms with E-state index in [1.807, 2.05) is 18.2 Å². The second kappa shape index (κ2) is 3.38. The van der Waals surface area contributed by atoms with Gasteiger partial charge in [-0.2, -0.15) is 0 Å². The van der Waals surface area contributed by atoms with Crippen LogP contribution in [0.3, 0.4) is 0 Å². The van der Waals surface area contributed by atoms with E-state index < -0.39 is 0 Å². The maximum atomic E-state index is 5.34. The minimum atomic E-state index is 0.323. The summed E-state index contributed by atoms with van der Waals surface area (Å²) in [6, 6.07) is 5.98. The summed E-state index contributed by atoms with van der Waals surface area (Å²) >= 11 is 5.30. The molecule has 3 nitrogen and oxygen atoms in total. The van der Waals surface area contributed by atoms with Crippen LogP contribution in [0.15, 0.2) is 18.2 Å². The molecular weight excluding hydrogens is 210 g/mol. The van der Waals surface area contributed by atoms with Crippen LogP contribution in [0.5, 0.6) is 11.5 Å². The van der Waals surface area contributed by atoms with Gasteiger partial charge in [-0.25, -0.2) is 0 Å². The molecule has 0 saturated carbocycles. The zero-order valence-corrected chi connectivity index (χ0v) is 9.05. The van der Waals surface area contributed by atoms with E-state index in [2.05, 4.69) is 4.90 Å². The molecule has 0 amide bonds. The van der Waals surface area contributed by atoms with Crippen molar-refractivity contribution in [2.45, 2.75) is 12.8 Å². The number of thiocarbonyl (C=S) groups is 1. The van der Waals surface area contributed by atoms with Crippen molar-refractivity contribution in [3.05, 3.63) is 18.2 Å². The molecule has 1 fully saturated rings. The lowest BCUT2D eigenvalue weighted by atomic mass is 10.2. The normalized spacial score (nSPS) is 18.7. The molecule has 0 atom stereocenters. The third-order valence-corrected chi connectivity index (χ3v) is 3.17. The third kappa shape index (κ3) is 1.45. The molecule has 4 heteroatoms.